The standard InChI is InChI=1S/C9H12N2/c1-2-4-8-5-3-6-11-9(8)7-10/h3,5-7,10H,2,4H2,1H3. The number of hydrogen-bond donors (Lipinski definition) is 1. The third-order valence-electron chi connectivity index (χ3n) is 1.58. The summed E-state index contributed by atoms with van der Waals surface area (Å²) in [6, 6.07) is 3.94. The van der Waals surface area contributed by atoms with Crippen molar-refractivity contribution >= 4 is 6.21 Å². The van der Waals surface area contributed by atoms with Crippen LogP contribution in [0.4, 0.5) is 0 Å². The molecule has 0 bridgehead atoms. The average molecular weight is 148 g/mol. The summed E-state index contributed by atoms with van der Waals surface area (Å²) in [7, 11) is 0. The number of nitrogens with one attached hydrogen (secondary N) is 1. The summed E-state index contributed by atoms with van der Waals surface area (Å²) in [6.45, 7) is 2.13. The van der Waals surface area contributed by atoms with E-state index in [1.165, 1.54) is 11.8 Å². The van der Waals surface area contributed by atoms with Gasteiger partial charge in [-0.3, -0.25) is 4.98 Å². The van der Waals surface area contributed by atoms with Gasteiger partial charge < -0.3 is 5.41 Å². The molecule has 0 aliphatic heterocycles. The molecule has 0 fully saturated rings. The molecule has 2 heteroatoms. The molecule has 2 nitrogen and oxygen atoms in total. The monoisotopic (exact) mass is 148 g/mol. The van der Waals surface area contributed by atoms with Crippen molar-refractivity contribution in [3.05, 3.63) is 29.6 Å². The molecular weight excluding hydrogens is 136 g/mol. The maximum absolute atomic E-state index is 7.08. The van der Waals surface area contributed by atoms with Gasteiger partial charge in [0.2, 0.25) is 0 Å². The first kappa shape index (κ1) is 7.92. The van der Waals surface area contributed by atoms with E-state index in [9.17, 15) is 0 Å². The quantitative estimate of drug-likeness (QED) is 0.654. The Balaban J connectivity index is 2.92. The van der Waals surface area contributed by atoms with Gasteiger partial charge in [-0.05, 0) is 18.1 Å². The van der Waals surface area contributed by atoms with E-state index in [-0.39, 0.29) is 0 Å². The van der Waals surface area contributed by atoms with Gasteiger partial charge in [-0.2, -0.15) is 0 Å². The van der Waals surface area contributed by atoms with Crippen molar-refractivity contribution in [2.75, 3.05) is 0 Å². The molecule has 0 amide bonds. The van der Waals surface area contributed by atoms with Gasteiger partial charge in [0.25, 0.3) is 0 Å². The van der Waals surface area contributed by atoms with E-state index >= 15 is 0 Å². The SMILES string of the molecule is CCCc1cccnc1C=N. The maximum Gasteiger partial charge on any atom is 0.0837 e. The van der Waals surface area contributed by atoms with E-state index < -0.39 is 0 Å². The summed E-state index contributed by atoms with van der Waals surface area (Å²) in [5, 5.41) is 7.08. The molecular formula is C9H12N2. The summed E-state index contributed by atoms with van der Waals surface area (Å²) in [4.78, 5) is 4.07. The minimum atomic E-state index is 0.800. The molecule has 0 aromatic carbocycles. The topological polar surface area (TPSA) is 36.7 Å². The van der Waals surface area contributed by atoms with Gasteiger partial charge in [-0.1, -0.05) is 19.4 Å². The third kappa shape index (κ3) is 1.87. The molecule has 1 N–H and O–H groups in total. The first-order valence-corrected chi connectivity index (χ1v) is 3.83. The Bertz CT molecular complexity index is 243. The van der Waals surface area contributed by atoms with Crippen LogP contribution in [0.25, 0.3) is 0 Å². The van der Waals surface area contributed by atoms with Crippen LogP contribution in [0.2, 0.25) is 0 Å². The fourth-order valence-electron chi connectivity index (χ4n) is 1.06. The van der Waals surface area contributed by atoms with Gasteiger partial charge in [0, 0.05) is 12.4 Å². The zero-order chi connectivity index (χ0) is 8.10. The molecule has 0 saturated heterocycles. The Morgan fingerprint density at radius 2 is 2.45 bits per heavy atom. The Hall–Kier alpha value is -1.18. The zero-order valence-electron chi connectivity index (χ0n) is 6.67. The van der Waals surface area contributed by atoms with Crippen LogP contribution in [-0.2, 0) is 6.42 Å². The van der Waals surface area contributed by atoms with Crippen LogP contribution in [0, 0.1) is 5.41 Å². The van der Waals surface area contributed by atoms with Crippen LogP contribution in [0.3, 0.4) is 0 Å². The van der Waals surface area contributed by atoms with Crippen LogP contribution in [0.15, 0.2) is 18.3 Å². The van der Waals surface area contributed by atoms with Gasteiger partial charge in [0.1, 0.15) is 0 Å². The molecule has 0 saturated carbocycles. The van der Waals surface area contributed by atoms with Gasteiger partial charge in [-0.15, -0.1) is 0 Å². The summed E-state index contributed by atoms with van der Waals surface area (Å²) < 4.78 is 0. The van der Waals surface area contributed by atoms with E-state index in [0.29, 0.717) is 0 Å². The normalized spacial score (nSPS) is 9.55. The van der Waals surface area contributed by atoms with Crippen molar-refractivity contribution in [2.24, 2.45) is 0 Å². The van der Waals surface area contributed by atoms with Crippen molar-refractivity contribution in [3.8, 4) is 0 Å². The highest BCUT2D eigenvalue weighted by Gasteiger charge is 1.96. The molecule has 1 aromatic heterocycles. The number of pyridine rings is 1. The second kappa shape index (κ2) is 3.86. The second-order valence-electron chi connectivity index (χ2n) is 2.44. The maximum atomic E-state index is 7.08. The smallest absolute Gasteiger partial charge is 0.0837 e. The molecule has 0 aliphatic rings. The molecule has 0 radical (unpaired) electrons. The molecule has 58 valence electrons. The highest BCUT2D eigenvalue weighted by molar-refractivity contribution is 5.76. The lowest BCUT2D eigenvalue weighted by Crippen LogP contribution is -1.94. The minimum Gasteiger partial charge on any atom is -0.306 e. The number of hydrogen-bond acceptors (Lipinski definition) is 2. The summed E-state index contributed by atoms with van der Waals surface area (Å²) in [5.41, 5.74) is 1.97. The predicted octanol–water partition coefficient (Wildman–Crippen LogP) is 2.03. The second-order valence-corrected chi connectivity index (χ2v) is 2.44. The molecule has 0 spiro atoms. The Labute approximate surface area is 66.8 Å². The van der Waals surface area contributed by atoms with Gasteiger partial charge in [0.05, 0.1) is 5.69 Å². The molecule has 1 heterocycles. The number of aromatic nitrogens is 1. The lowest BCUT2D eigenvalue weighted by atomic mass is 10.1. The van der Waals surface area contributed by atoms with Crippen molar-refractivity contribution in [2.45, 2.75) is 19.8 Å². The van der Waals surface area contributed by atoms with E-state index in [1.807, 2.05) is 12.1 Å². The number of aryl methyl sites for hydroxylation is 1. The van der Waals surface area contributed by atoms with Crippen molar-refractivity contribution in [1.82, 2.24) is 4.98 Å². The molecule has 0 aliphatic carbocycles. The lowest BCUT2D eigenvalue weighted by Gasteiger charge is -2.00. The van der Waals surface area contributed by atoms with E-state index in [2.05, 4.69) is 11.9 Å². The molecule has 1 rings (SSSR count). The predicted molar refractivity (Wildman–Crippen MR) is 46.1 cm³/mol. The molecule has 0 atom stereocenters. The highest BCUT2D eigenvalue weighted by Crippen LogP contribution is 2.04. The van der Waals surface area contributed by atoms with Gasteiger partial charge in [-0.25, -0.2) is 0 Å². The fourth-order valence-corrected chi connectivity index (χ4v) is 1.06. The fraction of sp³-hybridized carbons (Fsp3) is 0.333. The summed E-state index contributed by atoms with van der Waals surface area (Å²) >= 11 is 0. The minimum absolute atomic E-state index is 0.800. The lowest BCUT2D eigenvalue weighted by molar-refractivity contribution is 0.911. The van der Waals surface area contributed by atoms with E-state index in [0.717, 1.165) is 18.5 Å². The zero-order valence-corrected chi connectivity index (χ0v) is 6.67. The van der Waals surface area contributed by atoms with Crippen LogP contribution < -0.4 is 0 Å². The number of nitrogens with zero attached hydrogens (tertiary/aromatic N) is 1. The summed E-state index contributed by atoms with van der Waals surface area (Å²) in [5.74, 6) is 0. The summed E-state index contributed by atoms with van der Waals surface area (Å²) in [6.07, 6.45) is 5.15. The largest absolute Gasteiger partial charge is 0.306 e. The van der Waals surface area contributed by atoms with E-state index in [1.54, 1.807) is 6.20 Å². The van der Waals surface area contributed by atoms with Crippen molar-refractivity contribution in [1.29, 1.82) is 5.41 Å². The van der Waals surface area contributed by atoms with Crippen LogP contribution >= 0.6 is 0 Å². The Morgan fingerprint density at radius 1 is 1.64 bits per heavy atom. The highest BCUT2D eigenvalue weighted by atomic mass is 14.7. The average Bonchev–Trinajstić information content (AvgIpc) is 2.06. The Kier molecular flexibility index (Phi) is 2.78. The Morgan fingerprint density at radius 3 is 3.09 bits per heavy atom. The van der Waals surface area contributed by atoms with Gasteiger partial charge >= 0.3 is 0 Å². The van der Waals surface area contributed by atoms with Crippen LogP contribution in [0.5, 0.6) is 0 Å². The van der Waals surface area contributed by atoms with Gasteiger partial charge in [0.15, 0.2) is 0 Å². The first-order chi connectivity index (χ1) is 5.38. The first-order valence-electron chi connectivity index (χ1n) is 3.83. The molecule has 11 heavy (non-hydrogen) atoms. The van der Waals surface area contributed by atoms with Crippen LogP contribution in [0.1, 0.15) is 24.6 Å². The number of rotatable bonds is 3. The third-order valence-corrected chi connectivity index (χ3v) is 1.58. The van der Waals surface area contributed by atoms with Crippen molar-refractivity contribution in [3.63, 3.8) is 0 Å². The molecule has 1 aromatic rings. The van der Waals surface area contributed by atoms with E-state index in [4.69, 9.17) is 5.41 Å². The van der Waals surface area contributed by atoms with Crippen molar-refractivity contribution < 1.29 is 0 Å². The molecule has 0 unspecified atom stereocenters. The van der Waals surface area contributed by atoms with Crippen LogP contribution in [-0.4, -0.2) is 11.2 Å².